The predicted molar refractivity (Wildman–Crippen MR) is 104 cm³/mol. The van der Waals surface area contributed by atoms with E-state index in [2.05, 4.69) is 67.6 Å². The van der Waals surface area contributed by atoms with Crippen LogP contribution in [0, 0.1) is 0 Å². The zero-order chi connectivity index (χ0) is 17.7. The van der Waals surface area contributed by atoms with E-state index in [4.69, 9.17) is 5.73 Å². The molecule has 0 radical (unpaired) electrons. The van der Waals surface area contributed by atoms with Crippen LogP contribution in [0.4, 0.5) is 0 Å². The Bertz CT molecular complexity index is 781. The summed E-state index contributed by atoms with van der Waals surface area (Å²) in [4.78, 5) is 0. The monoisotopic (exact) mass is 331 g/mol. The van der Waals surface area contributed by atoms with Crippen LogP contribution in [0.5, 0.6) is 0 Å². The first kappa shape index (κ1) is 17.4. The number of nitrogens with two attached hydrogens (primary N) is 1. The lowest BCUT2D eigenvalue weighted by Gasteiger charge is -2.32. The summed E-state index contributed by atoms with van der Waals surface area (Å²) in [6, 6.07) is 29.4. The summed E-state index contributed by atoms with van der Waals surface area (Å²) in [5.41, 5.74) is 10.4. The SMILES string of the molecule is CC(Cc1ccc(-c2ccccc2)cc1)(C[C@H](N)O)c1ccccc1. The maximum Gasteiger partial charge on any atom is 0.103 e. The Kier molecular flexibility index (Phi) is 5.32. The molecule has 0 aliphatic heterocycles. The van der Waals surface area contributed by atoms with Crippen molar-refractivity contribution in [1.82, 2.24) is 0 Å². The van der Waals surface area contributed by atoms with Gasteiger partial charge in [-0.15, -0.1) is 0 Å². The van der Waals surface area contributed by atoms with Crippen molar-refractivity contribution in [3.05, 3.63) is 96.1 Å². The molecule has 0 aliphatic carbocycles. The predicted octanol–water partition coefficient (Wildman–Crippen LogP) is 4.52. The van der Waals surface area contributed by atoms with Gasteiger partial charge in [-0.05, 0) is 35.1 Å². The molecule has 0 spiro atoms. The van der Waals surface area contributed by atoms with Gasteiger partial charge in [-0.3, -0.25) is 0 Å². The molecule has 0 fully saturated rings. The molecule has 0 bridgehead atoms. The Balaban J connectivity index is 1.85. The lowest BCUT2D eigenvalue weighted by molar-refractivity contribution is 0.140. The van der Waals surface area contributed by atoms with E-state index in [1.807, 2.05) is 24.3 Å². The Hall–Kier alpha value is -2.42. The minimum Gasteiger partial charge on any atom is -0.379 e. The van der Waals surface area contributed by atoms with Gasteiger partial charge in [0.05, 0.1) is 0 Å². The lowest BCUT2D eigenvalue weighted by Crippen LogP contribution is -2.34. The summed E-state index contributed by atoms with van der Waals surface area (Å²) in [7, 11) is 0. The highest BCUT2D eigenvalue weighted by Gasteiger charge is 2.28. The van der Waals surface area contributed by atoms with Gasteiger partial charge < -0.3 is 10.8 Å². The number of benzene rings is 3. The third kappa shape index (κ3) is 4.36. The Morgan fingerprint density at radius 2 is 1.32 bits per heavy atom. The van der Waals surface area contributed by atoms with Gasteiger partial charge in [-0.1, -0.05) is 91.9 Å². The highest BCUT2D eigenvalue weighted by atomic mass is 16.3. The average Bonchev–Trinajstić information content (AvgIpc) is 2.63. The van der Waals surface area contributed by atoms with Gasteiger partial charge in [0.25, 0.3) is 0 Å². The molecular formula is C23H25NO. The van der Waals surface area contributed by atoms with Crippen molar-refractivity contribution < 1.29 is 5.11 Å². The molecule has 2 nitrogen and oxygen atoms in total. The van der Waals surface area contributed by atoms with E-state index < -0.39 is 6.23 Å². The molecule has 25 heavy (non-hydrogen) atoms. The van der Waals surface area contributed by atoms with Crippen molar-refractivity contribution in [3.63, 3.8) is 0 Å². The quantitative estimate of drug-likeness (QED) is 0.652. The number of hydrogen-bond acceptors (Lipinski definition) is 2. The lowest BCUT2D eigenvalue weighted by atomic mass is 9.74. The van der Waals surface area contributed by atoms with E-state index in [0.717, 1.165) is 6.42 Å². The first-order valence-electron chi connectivity index (χ1n) is 8.70. The fourth-order valence-corrected chi connectivity index (χ4v) is 3.49. The highest BCUT2D eigenvalue weighted by molar-refractivity contribution is 5.63. The van der Waals surface area contributed by atoms with Crippen molar-refractivity contribution >= 4 is 0 Å². The zero-order valence-corrected chi connectivity index (χ0v) is 14.6. The van der Waals surface area contributed by atoms with Crippen LogP contribution in [0.15, 0.2) is 84.9 Å². The molecule has 0 aromatic heterocycles. The topological polar surface area (TPSA) is 46.2 Å². The first-order chi connectivity index (χ1) is 12.1. The molecule has 0 amide bonds. The first-order valence-corrected chi connectivity index (χ1v) is 8.70. The Morgan fingerprint density at radius 3 is 1.88 bits per heavy atom. The maximum atomic E-state index is 9.80. The van der Waals surface area contributed by atoms with E-state index in [-0.39, 0.29) is 5.41 Å². The second-order valence-corrected chi connectivity index (χ2v) is 6.94. The number of aliphatic hydroxyl groups is 1. The van der Waals surface area contributed by atoms with Gasteiger partial charge in [-0.25, -0.2) is 0 Å². The third-order valence-electron chi connectivity index (χ3n) is 4.79. The molecule has 0 saturated carbocycles. The summed E-state index contributed by atoms with van der Waals surface area (Å²) in [5, 5.41) is 9.80. The van der Waals surface area contributed by atoms with Gasteiger partial charge in [-0.2, -0.15) is 0 Å². The van der Waals surface area contributed by atoms with Crippen LogP contribution in [0.1, 0.15) is 24.5 Å². The maximum absolute atomic E-state index is 9.80. The zero-order valence-electron chi connectivity index (χ0n) is 14.6. The molecule has 3 rings (SSSR count). The van der Waals surface area contributed by atoms with Crippen LogP contribution in [0.2, 0.25) is 0 Å². The van der Waals surface area contributed by atoms with Gasteiger partial charge in [0.1, 0.15) is 6.23 Å². The van der Waals surface area contributed by atoms with E-state index in [1.165, 1.54) is 22.3 Å². The second kappa shape index (κ2) is 7.64. The van der Waals surface area contributed by atoms with Crippen LogP contribution < -0.4 is 5.73 Å². The highest BCUT2D eigenvalue weighted by Crippen LogP contribution is 2.33. The second-order valence-electron chi connectivity index (χ2n) is 6.94. The van der Waals surface area contributed by atoms with Crippen molar-refractivity contribution in [2.45, 2.75) is 31.4 Å². The Labute approximate surface area is 150 Å². The molecule has 1 unspecified atom stereocenters. The Morgan fingerprint density at radius 1 is 0.800 bits per heavy atom. The molecule has 128 valence electrons. The summed E-state index contributed by atoms with van der Waals surface area (Å²) < 4.78 is 0. The van der Waals surface area contributed by atoms with Crippen LogP contribution in [-0.2, 0) is 11.8 Å². The van der Waals surface area contributed by atoms with E-state index >= 15 is 0 Å². The normalized spacial score (nSPS) is 14.7. The van der Waals surface area contributed by atoms with Crippen molar-refractivity contribution in [2.75, 3.05) is 0 Å². The molecule has 3 aromatic rings. The molecule has 3 N–H and O–H groups in total. The van der Waals surface area contributed by atoms with Crippen LogP contribution in [0.3, 0.4) is 0 Å². The fourth-order valence-electron chi connectivity index (χ4n) is 3.49. The molecular weight excluding hydrogens is 306 g/mol. The van der Waals surface area contributed by atoms with Crippen molar-refractivity contribution in [3.8, 4) is 11.1 Å². The van der Waals surface area contributed by atoms with Gasteiger partial charge in [0.2, 0.25) is 0 Å². The molecule has 3 aromatic carbocycles. The van der Waals surface area contributed by atoms with E-state index in [1.54, 1.807) is 0 Å². The van der Waals surface area contributed by atoms with Gasteiger partial charge in [0.15, 0.2) is 0 Å². The summed E-state index contributed by atoms with van der Waals surface area (Å²) in [5.74, 6) is 0. The number of rotatable bonds is 6. The van der Waals surface area contributed by atoms with Gasteiger partial charge >= 0.3 is 0 Å². The number of aliphatic hydroxyl groups excluding tert-OH is 1. The molecule has 0 aliphatic rings. The van der Waals surface area contributed by atoms with E-state index in [9.17, 15) is 5.11 Å². The summed E-state index contributed by atoms with van der Waals surface area (Å²) in [6.45, 7) is 2.17. The largest absolute Gasteiger partial charge is 0.379 e. The standard InChI is InChI=1S/C23H25NO/c1-23(17-22(24)25,21-10-6-3-7-11-21)16-18-12-14-20(15-13-18)19-8-4-2-5-9-19/h2-15,22,25H,16-17,24H2,1H3/t22-,23?/m1/s1. The minimum atomic E-state index is -0.825. The van der Waals surface area contributed by atoms with Crippen LogP contribution in [-0.4, -0.2) is 11.3 Å². The van der Waals surface area contributed by atoms with Crippen LogP contribution >= 0.6 is 0 Å². The molecule has 0 heterocycles. The fraction of sp³-hybridized carbons (Fsp3) is 0.217. The minimum absolute atomic E-state index is 0.205. The van der Waals surface area contributed by atoms with Crippen molar-refractivity contribution in [1.29, 1.82) is 0 Å². The molecule has 2 atom stereocenters. The average molecular weight is 331 g/mol. The molecule has 2 heteroatoms. The van der Waals surface area contributed by atoms with Crippen molar-refractivity contribution in [2.24, 2.45) is 5.73 Å². The van der Waals surface area contributed by atoms with E-state index in [0.29, 0.717) is 6.42 Å². The number of hydrogen-bond donors (Lipinski definition) is 2. The smallest absolute Gasteiger partial charge is 0.103 e. The summed E-state index contributed by atoms with van der Waals surface area (Å²) in [6.07, 6.45) is 0.534. The molecule has 0 saturated heterocycles. The third-order valence-corrected chi connectivity index (χ3v) is 4.79. The van der Waals surface area contributed by atoms with Gasteiger partial charge in [0, 0.05) is 5.41 Å². The van der Waals surface area contributed by atoms with Crippen LogP contribution in [0.25, 0.3) is 11.1 Å². The summed E-state index contributed by atoms with van der Waals surface area (Å²) >= 11 is 0.